The summed E-state index contributed by atoms with van der Waals surface area (Å²) in [6, 6.07) is 2.20. The van der Waals surface area contributed by atoms with E-state index in [1.165, 1.54) is 19.3 Å². The summed E-state index contributed by atoms with van der Waals surface area (Å²) in [5.74, 6) is 0.435. The number of nitrogens with zero attached hydrogens (tertiary/aromatic N) is 1. The Bertz CT molecular complexity index is 266. The molecule has 0 bridgehead atoms. The van der Waals surface area contributed by atoms with Gasteiger partial charge in [-0.15, -0.1) is 0 Å². The van der Waals surface area contributed by atoms with Crippen LogP contribution in [0.5, 0.6) is 0 Å². The average Bonchev–Trinajstić information content (AvgIpc) is 2.30. The van der Waals surface area contributed by atoms with Crippen LogP contribution >= 0.6 is 0 Å². The first-order valence-corrected chi connectivity index (χ1v) is 6.65. The highest BCUT2D eigenvalue weighted by atomic mass is 16.1. The molecule has 1 unspecified atom stereocenters. The lowest BCUT2D eigenvalue weighted by Crippen LogP contribution is -2.34. The van der Waals surface area contributed by atoms with Crippen molar-refractivity contribution in [1.29, 1.82) is 5.26 Å². The first kappa shape index (κ1) is 13.2. The Morgan fingerprint density at radius 3 is 2.75 bits per heavy atom. The van der Waals surface area contributed by atoms with Crippen LogP contribution in [0.2, 0.25) is 0 Å². The maximum Gasteiger partial charge on any atom is 0.139 e. The molecule has 0 aliphatic heterocycles. The van der Waals surface area contributed by atoms with Crippen LogP contribution in [-0.4, -0.2) is 5.78 Å². The molecular weight excluding hydrogens is 198 g/mol. The summed E-state index contributed by atoms with van der Waals surface area (Å²) in [6.07, 6.45) is 9.90. The van der Waals surface area contributed by atoms with Crippen LogP contribution in [-0.2, 0) is 4.79 Å². The molecule has 1 atom stereocenters. The van der Waals surface area contributed by atoms with E-state index in [1.54, 1.807) is 0 Å². The molecule has 1 rings (SSSR count). The van der Waals surface area contributed by atoms with E-state index in [1.807, 2.05) is 0 Å². The smallest absolute Gasteiger partial charge is 0.139 e. The van der Waals surface area contributed by atoms with Gasteiger partial charge in [0.25, 0.3) is 0 Å². The van der Waals surface area contributed by atoms with Gasteiger partial charge in [0.2, 0.25) is 0 Å². The van der Waals surface area contributed by atoms with Gasteiger partial charge in [-0.05, 0) is 25.7 Å². The number of Topliss-reactive ketones (excluding diaryl/α,β-unsaturated/α-hetero) is 1. The minimum Gasteiger partial charge on any atom is -0.299 e. The number of hydrogen-bond donors (Lipinski definition) is 0. The standard InChI is InChI=1S/C14H23NO/c1-2-3-5-9-14(11-7-12-15)10-6-4-8-13(14)16/h2-11H2,1H3. The minimum absolute atomic E-state index is 0.122. The van der Waals surface area contributed by atoms with Crippen LogP contribution in [0, 0.1) is 16.7 Å². The van der Waals surface area contributed by atoms with Crippen molar-refractivity contribution in [2.24, 2.45) is 5.41 Å². The van der Waals surface area contributed by atoms with Crippen molar-refractivity contribution in [1.82, 2.24) is 0 Å². The highest BCUT2D eigenvalue weighted by Crippen LogP contribution is 2.41. The van der Waals surface area contributed by atoms with Crippen LogP contribution in [0.3, 0.4) is 0 Å². The Kier molecular flexibility index (Phi) is 5.52. The second kappa shape index (κ2) is 6.68. The van der Waals surface area contributed by atoms with Crippen molar-refractivity contribution >= 4 is 5.78 Å². The molecular formula is C14H23NO. The Morgan fingerprint density at radius 1 is 1.31 bits per heavy atom. The van der Waals surface area contributed by atoms with Crippen molar-refractivity contribution in [2.75, 3.05) is 0 Å². The van der Waals surface area contributed by atoms with E-state index in [0.29, 0.717) is 12.2 Å². The molecule has 1 aliphatic rings. The Labute approximate surface area is 99.0 Å². The normalized spacial score (nSPS) is 25.4. The number of nitriles is 1. The Balaban J connectivity index is 2.59. The van der Waals surface area contributed by atoms with E-state index >= 15 is 0 Å². The topological polar surface area (TPSA) is 40.9 Å². The predicted molar refractivity (Wildman–Crippen MR) is 64.9 cm³/mol. The van der Waals surface area contributed by atoms with Crippen LogP contribution in [0.15, 0.2) is 0 Å². The van der Waals surface area contributed by atoms with Gasteiger partial charge in [-0.2, -0.15) is 5.26 Å². The molecule has 0 aromatic heterocycles. The third-order valence-electron chi connectivity index (χ3n) is 3.87. The summed E-state index contributed by atoms with van der Waals surface area (Å²) in [5.41, 5.74) is -0.122. The molecule has 0 radical (unpaired) electrons. The summed E-state index contributed by atoms with van der Waals surface area (Å²) >= 11 is 0. The van der Waals surface area contributed by atoms with Gasteiger partial charge in [0.1, 0.15) is 5.78 Å². The molecule has 90 valence electrons. The maximum atomic E-state index is 12.1. The van der Waals surface area contributed by atoms with E-state index in [4.69, 9.17) is 5.26 Å². The van der Waals surface area contributed by atoms with E-state index < -0.39 is 0 Å². The zero-order valence-corrected chi connectivity index (χ0v) is 10.4. The summed E-state index contributed by atoms with van der Waals surface area (Å²) in [7, 11) is 0. The van der Waals surface area contributed by atoms with Crippen LogP contribution in [0.4, 0.5) is 0 Å². The molecule has 0 spiro atoms. The minimum atomic E-state index is -0.122. The second-order valence-corrected chi connectivity index (χ2v) is 5.03. The van der Waals surface area contributed by atoms with E-state index in [0.717, 1.165) is 38.5 Å². The molecule has 0 N–H and O–H groups in total. The largest absolute Gasteiger partial charge is 0.299 e. The lowest BCUT2D eigenvalue weighted by molar-refractivity contribution is -0.132. The number of carbonyl (C=O) groups is 1. The third kappa shape index (κ3) is 3.33. The first-order valence-electron chi connectivity index (χ1n) is 6.65. The Hall–Kier alpha value is -0.840. The summed E-state index contributed by atoms with van der Waals surface area (Å²) in [5, 5.41) is 8.71. The summed E-state index contributed by atoms with van der Waals surface area (Å²) in [4.78, 5) is 12.1. The first-order chi connectivity index (χ1) is 7.75. The molecule has 0 saturated heterocycles. The molecule has 16 heavy (non-hydrogen) atoms. The summed E-state index contributed by atoms with van der Waals surface area (Å²) in [6.45, 7) is 2.19. The molecule has 1 fully saturated rings. The number of rotatable bonds is 6. The number of ketones is 1. The fourth-order valence-corrected chi connectivity index (χ4v) is 2.82. The van der Waals surface area contributed by atoms with Crippen molar-refractivity contribution in [2.45, 2.75) is 71.1 Å². The van der Waals surface area contributed by atoms with Gasteiger partial charge < -0.3 is 0 Å². The SMILES string of the molecule is CCCCCC1(CCC#N)CCCCC1=O. The molecule has 0 aromatic carbocycles. The van der Waals surface area contributed by atoms with Gasteiger partial charge in [-0.3, -0.25) is 4.79 Å². The quantitative estimate of drug-likeness (QED) is 0.636. The van der Waals surface area contributed by atoms with Crippen molar-refractivity contribution in [3.63, 3.8) is 0 Å². The number of carbonyl (C=O) groups excluding carboxylic acids is 1. The van der Waals surface area contributed by atoms with Crippen molar-refractivity contribution in [3.05, 3.63) is 0 Å². The third-order valence-corrected chi connectivity index (χ3v) is 3.87. The van der Waals surface area contributed by atoms with Gasteiger partial charge >= 0.3 is 0 Å². The number of unbranched alkanes of at least 4 members (excludes halogenated alkanes) is 2. The van der Waals surface area contributed by atoms with Gasteiger partial charge in [-0.1, -0.05) is 32.6 Å². The lowest BCUT2D eigenvalue weighted by Gasteiger charge is -2.35. The molecule has 0 heterocycles. The fraction of sp³-hybridized carbons (Fsp3) is 0.857. The zero-order chi connectivity index (χ0) is 11.9. The lowest BCUT2D eigenvalue weighted by atomic mass is 9.67. The van der Waals surface area contributed by atoms with E-state index in [9.17, 15) is 4.79 Å². The van der Waals surface area contributed by atoms with Gasteiger partial charge in [0.05, 0.1) is 6.07 Å². The molecule has 2 nitrogen and oxygen atoms in total. The maximum absolute atomic E-state index is 12.1. The van der Waals surface area contributed by atoms with Gasteiger partial charge in [-0.25, -0.2) is 0 Å². The van der Waals surface area contributed by atoms with E-state index in [-0.39, 0.29) is 5.41 Å². The fourth-order valence-electron chi connectivity index (χ4n) is 2.82. The predicted octanol–water partition coefficient (Wildman–Crippen LogP) is 4.00. The molecule has 2 heteroatoms. The van der Waals surface area contributed by atoms with Crippen LogP contribution in [0.1, 0.15) is 71.1 Å². The van der Waals surface area contributed by atoms with Crippen LogP contribution < -0.4 is 0 Å². The summed E-state index contributed by atoms with van der Waals surface area (Å²) < 4.78 is 0. The second-order valence-electron chi connectivity index (χ2n) is 5.03. The van der Waals surface area contributed by atoms with Crippen molar-refractivity contribution < 1.29 is 4.79 Å². The highest BCUT2D eigenvalue weighted by Gasteiger charge is 2.38. The zero-order valence-electron chi connectivity index (χ0n) is 10.4. The number of hydrogen-bond acceptors (Lipinski definition) is 2. The molecule has 1 saturated carbocycles. The van der Waals surface area contributed by atoms with Gasteiger partial charge in [0, 0.05) is 18.3 Å². The highest BCUT2D eigenvalue weighted by molar-refractivity contribution is 5.85. The monoisotopic (exact) mass is 221 g/mol. The molecule has 0 aromatic rings. The average molecular weight is 221 g/mol. The van der Waals surface area contributed by atoms with Gasteiger partial charge in [0.15, 0.2) is 0 Å². The van der Waals surface area contributed by atoms with Crippen molar-refractivity contribution in [3.8, 4) is 6.07 Å². The van der Waals surface area contributed by atoms with Crippen LogP contribution in [0.25, 0.3) is 0 Å². The Morgan fingerprint density at radius 2 is 2.12 bits per heavy atom. The molecule has 0 amide bonds. The van der Waals surface area contributed by atoms with E-state index in [2.05, 4.69) is 13.0 Å². The molecule has 1 aliphatic carbocycles.